The van der Waals surface area contributed by atoms with Crippen molar-refractivity contribution in [3.63, 3.8) is 0 Å². The van der Waals surface area contributed by atoms with Crippen molar-refractivity contribution in [3.8, 4) is 24.2 Å². The Labute approximate surface area is 73.0 Å². The Bertz CT molecular complexity index is 258. The quantitative estimate of drug-likeness (QED) is 0.628. The van der Waals surface area contributed by atoms with Crippen LogP contribution in [-0.2, 0) is 4.79 Å². The number of carboxylic acids is 1. The van der Waals surface area contributed by atoms with E-state index in [-0.39, 0.29) is 5.41 Å². The fourth-order valence-electron chi connectivity index (χ4n) is 0.698. The molecule has 0 bridgehead atoms. The lowest BCUT2D eigenvalue weighted by molar-refractivity contribution is -0.130. The predicted molar refractivity (Wildman–Crippen MR) is 47.3 cm³/mol. The molecule has 12 heavy (non-hydrogen) atoms. The van der Waals surface area contributed by atoms with Crippen LogP contribution >= 0.6 is 0 Å². The molecule has 0 aromatic rings. The molecule has 2 nitrogen and oxygen atoms in total. The summed E-state index contributed by atoms with van der Waals surface area (Å²) in [5, 5.41) is 8.23. The van der Waals surface area contributed by atoms with Gasteiger partial charge in [-0.1, -0.05) is 19.8 Å². The minimum absolute atomic E-state index is 0.0861. The zero-order chi connectivity index (χ0) is 9.61. The normalized spacial score (nSPS) is 9.42. The van der Waals surface area contributed by atoms with Crippen LogP contribution in [0.25, 0.3) is 0 Å². The number of rotatable bonds is 2. The van der Waals surface area contributed by atoms with Gasteiger partial charge in [0, 0.05) is 18.8 Å². The first-order valence-electron chi connectivity index (χ1n) is 3.63. The molecule has 0 saturated carbocycles. The van der Waals surface area contributed by atoms with E-state index < -0.39 is 5.97 Å². The molecule has 0 aromatic heterocycles. The summed E-state index contributed by atoms with van der Waals surface area (Å²) in [7, 11) is 0. The minimum atomic E-state index is -1.09. The van der Waals surface area contributed by atoms with Gasteiger partial charge in [0.05, 0.1) is 0 Å². The average Bonchev–Trinajstić information content (AvgIpc) is 1.85. The molecule has 0 aliphatic carbocycles. The maximum absolute atomic E-state index is 10.0. The van der Waals surface area contributed by atoms with Crippen LogP contribution in [-0.4, -0.2) is 11.1 Å². The van der Waals surface area contributed by atoms with Gasteiger partial charge in [0.1, 0.15) is 0 Å². The van der Waals surface area contributed by atoms with Gasteiger partial charge in [0.15, 0.2) is 0 Å². The summed E-state index contributed by atoms with van der Waals surface area (Å²) in [6.07, 6.45) is 6.26. The molecule has 0 aliphatic heterocycles. The van der Waals surface area contributed by atoms with Gasteiger partial charge >= 0.3 is 5.97 Å². The molecule has 0 saturated heterocycles. The highest BCUT2D eigenvalue weighted by Crippen LogP contribution is 2.23. The summed E-state index contributed by atoms with van der Waals surface area (Å²) < 4.78 is 0. The molecule has 0 unspecified atom stereocenters. The summed E-state index contributed by atoms with van der Waals surface area (Å²) >= 11 is 0. The van der Waals surface area contributed by atoms with E-state index >= 15 is 0 Å². The van der Waals surface area contributed by atoms with Gasteiger partial charge < -0.3 is 5.11 Å². The van der Waals surface area contributed by atoms with Crippen molar-refractivity contribution in [2.45, 2.75) is 26.7 Å². The van der Waals surface area contributed by atoms with Crippen molar-refractivity contribution in [1.29, 1.82) is 0 Å². The standard InChI is InChI=1S/C10H12O2/c1-4-7-10(2,3)8-5-6-9(11)12/h1H,7-8H2,2-3H3,(H,11,12). The summed E-state index contributed by atoms with van der Waals surface area (Å²) in [6, 6.07) is 0. The van der Waals surface area contributed by atoms with Gasteiger partial charge in [-0.2, -0.15) is 0 Å². The van der Waals surface area contributed by atoms with Crippen LogP contribution in [0.2, 0.25) is 0 Å². The summed E-state index contributed by atoms with van der Waals surface area (Å²) in [6.45, 7) is 3.92. The zero-order valence-corrected chi connectivity index (χ0v) is 7.35. The van der Waals surface area contributed by atoms with Crippen molar-refractivity contribution in [1.82, 2.24) is 0 Å². The smallest absolute Gasteiger partial charge is 0.381 e. The highest BCUT2D eigenvalue weighted by molar-refractivity contribution is 5.86. The van der Waals surface area contributed by atoms with Crippen LogP contribution in [0.5, 0.6) is 0 Å². The first-order chi connectivity index (χ1) is 5.48. The Hall–Kier alpha value is -1.41. The highest BCUT2D eigenvalue weighted by atomic mass is 16.4. The Kier molecular flexibility index (Phi) is 3.94. The zero-order valence-electron chi connectivity index (χ0n) is 7.35. The molecule has 0 rings (SSSR count). The molecule has 0 amide bonds. The Morgan fingerprint density at radius 1 is 1.50 bits per heavy atom. The molecule has 0 radical (unpaired) electrons. The summed E-state index contributed by atoms with van der Waals surface area (Å²) in [5.41, 5.74) is -0.0861. The third-order valence-electron chi connectivity index (χ3n) is 1.34. The highest BCUT2D eigenvalue weighted by Gasteiger charge is 2.14. The topological polar surface area (TPSA) is 37.3 Å². The molecular formula is C10H12O2. The molecule has 2 heteroatoms. The average molecular weight is 164 g/mol. The van der Waals surface area contributed by atoms with E-state index in [1.165, 1.54) is 0 Å². The maximum atomic E-state index is 10.0. The van der Waals surface area contributed by atoms with E-state index in [0.717, 1.165) is 0 Å². The second-order valence-electron chi connectivity index (χ2n) is 3.33. The SMILES string of the molecule is C#CCC(C)(C)CC#CC(=O)O. The van der Waals surface area contributed by atoms with E-state index in [9.17, 15) is 4.79 Å². The van der Waals surface area contributed by atoms with E-state index in [0.29, 0.717) is 12.8 Å². The van der Waals surface area contributed by atoms with Gasteiger partial charge in [0.2, 0.25) is 0 Å². The van der Waals surface area contributed by atoms with Gasteiger partial charge in [-0.15, -0.1) is 12.3 Å². The predicted octanol–water partition coefficient (Wildman–Crippen LogP) is 1.51. The number of aliphatic carboxylic acids is 1. The molecule has 64 valence electrons. The van der Waals surface area contributed by atoms with Crippen LogP contribution in [0.4, 0.5) is 0 Å². The van der Waals surface area contributed by atoms with E-state index in [4.69, 9.17) is 11.5 Å². The lowest BCUT2D eigenvalue weighted by Crippen LogP contribution is -2.08. The fraction of sp³-hybridized carbons (Fsp3) is 0.500. The van der Waals surface area contributed by atoms with Gasteiger partial charge in [0.25, 0.3) is 0 Å². The molecule has 0 fully saturated rings. The van der Waals surface area contributed by atoms with Crippen molar-refractivity contribution in [3.05, 3.63) is 0 Å². The molecule has 0 atom stereocenters. The summed E-state index contributed by atoms with van der Waals surface area (Å²) in [4.78, 5) is 10.0. The van der Waals surface area contributed by atoms with Gasteiger partial charge in [-0.3, -0.25) is 0 Å². The Morgan fingerprint density at radius 2 is 2.08 bits per heavy atom. The second kappa shape index (κ2) is 4.46. The molecule has 0 heterocycles. The van der Waals surface area contributed by atoms with Crippen molar-refractivity contribution in [2.24, 2.45) is 5.41 Å². The second-order valence-corrected chi connectivity index (χ2v) is 3.33. The van der Waals surface area contributed by atoms with E-state index in [2.05, 4.69) is 17.8 Å². The largest absolute Gasteiger partial charge is 0.472 e. The van der Waals surface area contributed by atoms with Gasteiger partial charge in [-0.25, -0.2) is 4.79 Å². The van der Waals surface area contributed by atoms with Crippen molar-refractivity contribution < 1.29 is 9.90 Å². The monoisotopic (exact) mass is 164 g/mol. The van der Waals surface area contributed by atoms with Crippen LogP contribution in [0.15, 0.2) is 0 Å². The number of carbonyl (C=O) groups is 1. The number of hydrogen-bond acceptors (Lipinski definition) is 1. The Balaban J connectivity index is 4.03. The first-order valence-corrected chi connectivity index (χ1v) is 3.63. The van der Waals surface area contributed by atoms with Crippen molar-refractivity contribution in [2.75, 3.05) is 0 Å². The first kappa shape index (κ1) is 10.6. The maximum Gasteiger partial charge on any atom is 0.381 e. The summed E-state index contributed by atoms with van der Waals surface area (Å²) in [5.74, 6) is 6.06. The third kappa shape index (κ3) is 5.38. The van der Waals surface area contributed by atoms with Crippen LogP contribution in [0.1, 0.15) is 26.7 Å². The third-order valence-corrected chi connectivity index (χ3v) is 1.34. The van der Waals surface area contributed by atoms with E-state index in [1.807, 2.05) is 13.8 Å². The lowest BCUT2D eigenvalue weighted by atomic mass is 9.86. The molecule has 0 aliphatic rings. The number of hydrogen-bond donors (Lipinski definition) is 1. The van der Waals surface area contributed by atoms with Crippen molar-refractivity contribution >= 4 is 5.97 Å². The van der Waals surface area contributed by atoms with Crippen LogP contribution in [0.3, 0.4) is 0 Å². The Morgan fingerprint density at radius 3 is 2.50 bits per heavy atom. The number of carboxylic acid groups (broad SMARTS) is 1. The van der Waals surface area contributed by atoms with E-state index in [1.54, 1.807) is 0 Å². The fourth-order valence-corrected chi connectivity index (χ4v) is 0.698. The molecule has 0 spiro atoms. The number of terminal acetylenes is 1. The van der Waals surface area contributed by atoms with Gasteiger partial charge in [-0.05, 0) is 5.41 Å². The molecule has 0 aromatic carbocycles. The lowest BCUT2D eigenvalue weighted by Gasteiger charge is -2.17. The molecular weight excluding hydrogens is 152 g/mol. The minimum Gasteiger partial charge on any atom is -0.472 e. The van der Waals surface area contributed by atoms with Crippen LogP contribution < -0.4 is 0 Å². The molecule has 1 N–H and O–H groups in total. The van der Waals surface area contributed by atoms with Crippen LogP contribution in [0, 0.1) is 29.6 Å².